The molecule has 0 aliphatic carbocycles. The number of hydrogen-bond donors (Lipinski definition) is 1. The van der Waals surface area contributed by atoms with Gasteiger partial charge >= 0.3 is 0 Å². The smallest absolute Gasteiger partial charge is 0.220 e. The van der Waals surface area contributed by atoms with Crippen molar-refractivity contribution in [2.45, 2.75) is 43.9 Å². The van der Waals surface area contributed by atoms with E-state index in [1.165, 1.54) is 24.7 Å². The maximum absolute atomic E-state index is 13.4. The Kier molecular flexibility index (Phi) is 6.73. The first kappa shape index (κ1) is 15.7. The van der Waals surface area contributed by atoms with Crippen LogP contribution in [0, 0.1) is 5.82 Å². The van der Waals surface area contributed by atoms with Gasteiger partial charge in [0.15, 0.2) is 0 Å². The minimum absolute atomic E-state index is 0.0155. The summed E-state index contributed by atoms with van der Waals surface area (Å²) in [6, 6.07) is 6.55. The van der Waals surface area contributed by atoms with Gasteiger partial charge in [0.2, 0.25) is 5.91 Å². The molecule has 0 aromatic heterocycles. The summed E-state index contributed by atoms with van der Waals surface area (Å²) in [6.07, 6.45) is 5.07. The van der Waals surface area contributed by atoms with E-state index in [9.17, 15) is 9.18 Å². The number of rotatable bonds is 7. The summed E-state index contributed by atoms with van der Waals surface area (Å²) < 4.78 is 13.4. The van der Waals surface area contributed by atoms with Crippen LogP contribution in [0.3, 0.4) is 0 Å². The van der Waals surface area contributed by atoms with E-state index in [1.807, 2.05) is 21.6 Å². The molecular formula is C15H20FNOS2. The normalized spacial score (nSPS) is 18.1. The SMILES string of the molecule is O=C(CCCCC1CCSS1)NCc1ccccc1F. The van der Waals surface area contributed by atoms with Gasteiger partial charge in [-0.15, -0.1) is 0 Å². The maximum atomic E-state index is 13.4. The van der Waals surface area contributed by atoms with Gasteiger partial charge in [-0.3, -0.25) is 4.79 Å². The van der Waals surface area contributed by atoms with Gasteiger partial charge in [0, 0.05) is 29.5 Å². The van der Waals surface area contributed by atoms with Gasteiger partial charge in [-0.2, -0.15) is 0 Å². The van der Waals surface area contributed by atoms with E-state index in [1.54, 1.807) is 18.2 Å². The van der Waals surface area contributed by atoms with Gasteiger partial charge in [0.25, 0.3) is 0 Å². The first-order chi connectivity index (χ1) is 9.75. The number of benzene rings is 1. The lowest BCUT2D eigenvalue weighted by Crippen LogP contribution is -2.22. The van der Waals surface area contributed by atoms with Crippen LogP contribution in [0.2, 0.25) is 0 Å². The molecule has 1 aliphatic heterocycles. The molecule has 1 saturated heterocycles. The van der Waals surface area contributed by atoms with E-state index >= 15 is 0 Å². The van der Waals surface area contributed by atoms with Gasteiger partial charge in [-0.25, -0.2) is 4.39 Å². The topological polar surface area (TPSA) is 29.1 Å². The Bertz CT molecular complexity index is 436. The van der Waals surface area contributed by atoms with Gasteiger partial charge in [0.05, 0.1) is 0 Å². The summed E-state index contributed by atoms with van der Waals surface area (Å²) in [6.45, 7) is 0.278. The highest BCUT2D eigenvalue weighted by Crippen LogP contribution is 2.39. The molecule has 1 aliphatic rings. The molecule has 1 N–H and O–H groups in total. The summed E-state index contributed by atoms with van der Waals surface area (Å²) in [5.74, 6) is 1.02. The molecule has 1 aromatic rings. The molecule has 1 heterocycles. The van der Waals surface area contributed by atoms with Crippen LogP contribution >= 0.6 is 21.6 Å². The molecule has 0 saturated carbocycles. The Morgan fingerprint density at radius 3 is 2.95 bits per heavy atom. The van der Waals surface area contributed by atoms with Crippen molar-refractivity contribution in [3.8, 4) is 0 Å². The van der Waals surface area contributed by atoms with E-state index in [0.717, 1.165) is 18.1 Å². The van der Waals surface area contributed by atoms with Crippen molar-refractivity contribution < 1.29 is 9.18 Å². The lowest BCUT2D eigenvalue weighted by molar-refractivity contribution is -0.121. The van der Waals surface area contributed by atoms with Crippen molar-refractivity contribution in [3.63, 3.8) is 0 Å². The first-order valence-electron chi connectivity index (χ1n) is 7.04. The summed E-state index contributed by atoms with van der Waals surface area (Å²) in [7, 11) is 3.94. The van der Waals surface area contributed by atoms with Crippen LogP contribution in [0.5, 0.6) is 0 Å². The summed E-state index contributed by atoms with van der Waals surface area (Å²) in [5, 5.41) is 3.56. The van der Waals surface area contributed by atoms with E-state index < -0.39 is 0 Å². The average Bonchev–Trinajstić information content (AvgIpc) is 2.96. The number of halogens is 1. The van der Waals surface area contributed by atoms with Gasteiger partial charge in [0.1, 0.15) is 5.82 Å². The lowest BCUT2D eigenvalue weighted by Gasteiger charge is -2.08. The van der Waals surface area contributed by atoms with Crippen LogP contribution in [-0.2, 0) is 11.3 Å². The minimum Gasteiger partial charge on any atom is -0.352 e. The standard InChI is InChI=1S/C15H20FNOS2/c16-14-7-3-1-5-12(14)11-17-15(18)8-4-2-6-13-9-10-19-20-13/h1,3,5,7,13H,2,4,6,8-11H2,(H,17,18). The zero-order valence-corrected chi connectivity index (χ0v) is 13.1. The van der Waals surface area contributed by atoms with Crippen LogP contribution < -0.4 is 5.32 Å². The highest BCUT2D eigenvalue weighted by atomic mass is 33.1. The van der Waals surface area contributed by atoms with Crippen molar-refractivity contribution in [2.75, 3.05) is 5.75 Å². The number of hydrogen-bond acceptors (Lipinski definition) is 3. The third kappa shape index (κ3) is 5.37. The highest BCUT2D eigenvalue weighted by molar-refractivity contribution is 8.77. The van der Waals surface area contributed by atoms with Crippen LogP contribution in [0.15, 0.2) is 24.3 Å². The van der Waals surface area contributed by atoms with Crippen LogP contribution in [-0.4, -0.2) is 16.9 Å². The molecule has 0 spiro atoms. The zero-order valence-electron chi connectivity index (χ0n) is 11.4. The minimum atomic E-state index is -0.261. The summed E-state index contributed by atoms with van der Waals surface area (Å²) >= 11 is 0. The van der Waals surface area contributed by atoms with Crippen LogP contribution in [0.4, 0.5) is 4.39 Å². The fourth-order valence-electron chi connectivity index (χ4n) is 2.15. The fourth-order valence-corrected chi connectivity index (χ4v) is 5.17. The van der Waals surface area contributed by atoms with Gasteiger partial charge in [-0.05, 0) is 25.3 Å². The quantitative estimate of drug-likeness (QED) is 0.605. The average molecular weight is 313 g/mol. The van der Waals surface area contributed by atoms with Crippen molar-refractivity contribution in [3.05, 3.63) is 35.6 Å². The highest BCUT2D eigenvalue weighted by Gasteiger charge is 2.15. The molecule has 20 heavy (non-hydrogen) atoms. The molecule has 0 radical (unpaired) electrons. The second kappa shape index (κ2) is 8.57. The molecule has 110 valence electrons. The predicted octanol–water partition coefficient (Wildman–Crippen LogP) is 4.16. The zero-order chi connectivity index (χ0) is 14.2. The van der Waals surface area contributed by atoms with Crippen LogP contribution in [0.25, 0.3) is 0 Å². The molecule has 2 rings (SSSR count). The number of amides is 1. The summed E-state index contributed by atoms with van der Waals surface area (Å²) in [5.41, 5.74) is 0.542. The Morgan fingerprint density at radius 2 is 2.20 bits per heavy atom. The van der Waals surface area contributed by atoms with E-state index in [2.05, 4.69) is 5.32 Å². The van der Waals surface area contributed by atoms with Crippen molar-refractivity contribution in [1.29, 1.82) is 0 Å². The van der Waals surface area contributed by atoms with E-state index in [4.69, 9.17) is 0 Å². The number of nitrogens with one attached hydrogen (secondary N) is 1. The predicted molar refractivity (Wildman–Crippen MR) is 85.2 cm³/mol. The second-order valence-electron chi connectivity index (χ2n) is 4.94. The van der Waals surface area contributed by atoms with Crippen LogP contribution in [0.1, 0.15) is 37.7 Å². The Balaban J connectivity index is 1.57. The summed E-state index contributed by atoms with van der Waals surface area (Å²) in [4.78, 5) is 11.7. The Hall–Kier alpha value is -0.680. The third-order valence-corrected chi connectivity index (χ3v) is 6.35. The molecule has 1 fully saturated rings. The number of unbranched alkanes of at least 4 members (excludes halogenated alkanes) is 1. The third-order valence-electron chi connectivity index (χ3n) is 3.34. The van der Waals surface area contributed by atoms with E-state index in [-0.39, 0.29) is 18.3 Å². The molecule has 1 amide bonds. The number of carbonyl (C=O) groups excluding carboxylic acids is 1. The fraction of sp³-hybridized carbons (Fsp3) is 0.533. The van der Waals surface area contributed by atoms with Crippen molar-refractivity contribution in [1.82, 2.24) is 5.32 Å². The van der Waals surface area contributed by atoms with Gasteiger partial charge < -0.3 is 5.32 Å². The molecule has 1 unspecified atom stereocenters. The molecule has 0 bridgehead atoms. The lowest BCUT2D eigenvalue weighted by atomic mass is 10.1. The van der Waals surface area contributed by atoms with Gasteiger partial charge in [-0.1, -0.05) is 46.2 Å². The molecule has 5 heteroatoms. The Labute approximate surface area is 127 Å². The molecule has 1 atom stereocenters. The second-order valence-corrected chi connectivity index (χ2v) is 7.73. The monoisotopic (exact) mass is 313 g/mol. The maximum Gasteiger partial charge on any atom is 0.220 e. The number of carbonyl (C=O) groups is 1. The molecular weight excluding hydrogens is 293 g/mol. The largest absolute Gasteiger partial charge is 0.352 e. The molecule has 2 nitrogen and oxygen atoms in total. The first-order valence-corrected chi connectivity index (χ1v) is 9.42. The molecule has 1 aromatic carbocycles. The Morgan fingerprint density at radius 1 is 1.35 bits per heavy atom. The van der Waals surface area contributed by atoms with E-state index in [0.29, 0.717) is 12.0 Å². The van der Waals surface area contributed by atoms with Crippen molar-refractivity contribution >= 4 is 27.5 Å². The van der Waals surface area contributed by atoms with Crippen molar-refractivity contribution in [2.24, 2.45) is 0 Å².